The van der Waals surface area contributed by atoms with Crippen LogP contribution in [0, 0.1) is 0 Å². The third-order valence-electron chi connectivity index (χ3n) is 13.8. The number of aliphatic hydroxyl groups is 2. The van der Waals surface area contributed by atoms with Crippen molar-refractivity contribution in [1.82, 2.24) is 0 Å². The van der Waals surface area contributed by atoms with Crippen LogP contribution in [0.2, 0.25) is 0 Å². The Kier molecular flexibility index (Phi) is 62.6. The van der Waals surface area contributed by atoms with E-state index in [1.165, 1.54) is 51.4 Å². The third kappa shape index (κ3) is 66.9. The van der Waals surface area contributed by atoms with Crippen LogP contribution in [0.25, 0.3) is 0 Å². The quantitative estimate of drug-likeness (QED) is 0.0146. The summed E-state index contributed by atoms with van der Waals surface area (Å²) in [4.78, 5) is 58.3. The second-order valence-electron chi connectivity index (χ2n) is 22.6. The Balaban J connectivity index is 4.61. The normalized spacial score (nSPS) is 15.0. The first-order valence-electron chi connectivity index (χ1n) is 34.5. The van der Waals surface area contributed by atoms with Gasteiger partial charge in [-0.15, -0.1) is 0 Å². The van der Waals surface area contributed by atoms with Crippen LogP contribution in [0.15, 0.2) is 134 Å². The van der Waals surface area contributed by atoms with E-state index in [2.05, 4.69) is 142 Å². The van der Waals surface area contributed by atoms with Gasteiger partial charge >= 0.3 is 33.6 Å². The van der Waals surface area contributed by atoms with Gasteiger partial charge in [0.15, 0.2) is 6.10 Å². The fourth-order valence-corrected chi connectivity index (χ4v) is 10.2. The fourth-order valence-electron chi connectivity index (χ4n) is 8.63. The van der Waals surface area contributed by atoms with Gasteiger partial charge in [0.25, 0.3) is 0 Å². The van der Waals surface area contributed by atoms with Crippen molar-refractivity contribution in [1.29, 1.82) is 0 Å². The van der Waals surface area contributed by atoms with Gasteiger partial charge in [0.1, 0.15) is 25.4 Å². The lowest BCUT2D eigenvalue weighted by molar-refractivity contribution is -0.161. The molecule has 5 unspecified atom stereocenters. The molecule has 0 aromatic carbocycles. The Hall–Kier alpha value is -4.31. The molecule has 0 saturated carbocycles. The highest BCUT2D eigenvalue weighted by molar-refractivity contribution is 7.47. The van der Waals surface area contributed by atoms with Crippen molar-refractivity contribution in [2.75, 3.05) is 39.6 Å². The van der Waals surface area contributed by atoms with Gasteiger partial charge in [-0.25, -0.2) is 9.13 Å². The molecule has 0 rings (SSSR count). The molecule has 4 N–H and O–H groups in total. The molecule has 0 bridgehead atoms. The summed E-state index contributed by atoms with van der Waals surface area (Å²) in [5.74, 6) is -1.67. The lowest BCUT2D eigenvalue weighted by Gasteiger charge is -2.21. The van der Waals surface area contributed by atoms with Gasteiger partial charge in [-0.3, -0.25) is 32.5 Å². The van der Waals surface area contributed by atoms with Gasteiger partial charge in [-0.2, -0.15) is 0 Å². The zero-order valence-electron chi connectivity index (χ0n) is 56.2. The van der Waals surface area contributed by atoms with Crippen LogP contribution in [-0.4, -0.2) is 95.9 Å². The van der Waals surface area contributed by atoms with E-state index in [1.54, 1.807) is 0 Å². The Morgan fingerprint density at radius 2 is 0.593 bits per heavy atom. The van der Waals surface area contributed by atoms with Gasteiger partial charge in [-0.05, 0) is 128 Å². The number of aliphatic hydroxyl groups excluding tert-OH is 2. The van der Waals surface area contributed by atoms with Gasteiger partial charge < -0.3 is 34.2 Å². The standard InChI is InChI=1S/C73H122O16P2/c1-4-7-10-13-16-19-22-25-27-29-30-31-32-33-34-35-36-38-40-42-44-47-50-53-56-59-71(76)83-62-68(74)63-85-90(79,80)86-64-69(75)65-87-91(81,82)88-67-70(89-73(78)61-58-55-52-49-46-41-24-21-18-15-12-9-6-3)66-84-72(77)60-57-54-51-48-45-43-39-37-28-26-23-20-17-14-11-8-5-2/h7-8,10-11,16-17,19-21,24-28,30-31,33-34,39,43,48,51,68-70,74-75H,4-6,9,12-15,18,22-23,29,32,35-38,40-42,44-47,49-50,52-67H2,1-3H3,(H,79,80)(H,81,82)/b10-7-,11-8-,19-16-,20-17-,24-21-,27-25-,28-26-,31-30-,34-33-,43-39-,51-48-. The molecule has 91 heavy (non-hydrogen) atoms. The van der Waals surface area contributed by atoms with Crippen molar-refractivity contribution >= 4 is 33.6 Å². The monoisotopic (exact) mass is 1320 g/mol. The number of unbranched alkanes of at least 4 members (excludes halogenated alkanes) is 19. The minimum absolute atomic E-state index is 0.0791. The first-order valence-corrected chi connectivity index (χ1v) is 37.5. The predicted octanol–water partition coefficient (Wildman–Crippen LogP) is 19.2. The molecule has 0 aromatic rings. The molecule has 0 saturated heterocycles. The van der Waals surface area contributed by atoms with Crippen LogP contribution >= 0.6 is 15.6 Å². The zero-order valence-corrected chi connectivity index (χ0v) is 58.0. The average Bonchev–Trinajstić information content (AvgIpc) is 3.75. The summed E-state index contributed by atoms with van der Waals surface area (Å²) in [7, 11) is -9.80. The van der Waals surface area contributed by atoms with Crippen LogP contribution in [0.1, 0.15) is 252 Å². The number of rotatable bonds is 64. The first-order chi connectivity index (χ1) is 44.2. The summed E-state index contributed by atoms with van der Waals surface area (Å²) in [5, 5.41) is 20.5. The van der Waals surface area contributed by atoms with E-state index in [0.717, 1.165) is 135 Å². The van der Waals surface area contributed by atoms with E-state index in [-0.39, 0.29) is 19.3 Å². The van der Waals surface area contributed by atoms with E-state index >= 15 is 0 Å². The molecule has 5 atom stereocenters. The molecule has 0 fully saturated rings. The molecule has 0 radical (unpaired) electrons. The number of ether oxygens (including phenoxy) is 3. The largest absolute Gasteiger partial charge is 0.472 e. The lowest BCUT2D eigenvalue weighted by atomic mass is 10.1. The lowest BCUT2D eigenvalue weighted by Crippen LogP contribution is -2.30. The zero-order chi connectivity index (χ0) is 66.7. The molecule has 0 spiro atoms. The Labute approximate surface area is 550 Å². The second-order valence-corrected chi connectivity index (χ2v) is 25.5. The van der Waals surface area contributed by atoms with E-state index < -0.39 is 91.5 Å². The van der Waals surface area contributed by atoms with Gasteiger partial charge in [-0.1, -0.05) is 238 Å². The Bertz CT molecular complexity index is 2190. The fraction of sp³-hybridized carbons (Fsp3) is 0.658. The third-order valence-corrected chi connectivity index (χ3v) is 15.7. The highest BCUT2D eigenvalue weighted by atomic mass is 31.2. The number of phosphoric ester groups is 2. The summed E-state index contributed by atoms with van der Waals surface area (Å²) in [5.41, 5.74) is 0. The maximum Gasteiger partial charge on any atom is 0.472 e. The van der Waals surface area contributed by atoms with Crippen molar-refractivity contribution in [3.05, 3.63) is 134 Å². The van der Waals surface area contributed by atoms with Crippen molar-refractivity contribution in [2.45, 2.75) is 270 Å². The molecule has 0 aromatic heterocycles. The number of carbonyl (C=O) groups excluding carboxylic acids is 3. The van der Waals surface area contributed by atoms with Crippen molar-refractivity contribution in [3.8, 4) is 0 Å². The summed E-state index contributed by atoms with van der Waals surface area (Å²) < 4.78 is 60.8. The molecular formula is C73H122O16P2. The number of allylic oxidation sites excluding steroid dienone is 22. The number of phosphoric acid groups is 2. The van der Waals surface area contributed by atoms with Gasteiger partial charge in [0.05, 0.1) is 26.4 Å². The van der Waals surface area contributed by atoms with E-state index in [4.69, 9.17) is 32.3 Å². The Morgan fingerprint density at radius 3 is 0.978 bits per heavy atom. The van der Waals surface area contributed by atoms with Crippen molar-refractivity contribution < 1.29 is 75.8 Å². The molecule has 16 nitrogen and oxygen atoms in total. The molecule has 0 aliphatic carbocycles. The van der Waals surface area contributed by atoms with Crippen molar-refractivity contribution in [3.63, 3.8) is 0 Å². The number of carbonyl (C=O) groups is 3. The van der Waals surface area contributed by atoms with Crippen LogP contribution in [-0.2, 0) is 55.8 Å². The summed E-state index contributed by atoms with van der Waals surface area (Å²) in [6.45, 7) is 2.32. The minimum atomic E-state index is -4.94. The Morgan fingerprint density at radius 1 is 0.319 bits per heavy atom. The number of hydrogen-bond acceptors (Lipinski definition) is 14. The highest BCUT2D eigenvalue weighted by Gasteiger charge is 2.29. The molecule has 0 amide bonds. The number of hydrogen-bond donors (Lipinski definition) is 4. The molecule has 0 aliphatic rings. The highest BCUT2D eigenvalue weighted by Crippen LogP contribution is 2.45. The topological polar surface area (TPSA) is 231 Å². The maximum atomic E-state index is 12.9. The summed E-state index contributed by atoms with van der Waals surface area (Å²) >= 11 is 0. The molecule has 0 aliphatic heterocycles. The predicted molar refractivity (Wildman–Crippen MR) is 371 cm³/mol. The molecule has 520 valence electrons. The van der Waals surface area contributed by atoms with Crippen LogP contribution in [0.3, 0.4) is 0 Å². The molecule has 18 heteroatoms. The minimum Gasteiger partial charge on any atom is -0.463 e. The van der Waals surface area contributed by atoms with Gasteiger partial charge in [0.2, 0.25) is 0 Å². The summed E-state index contributed by atoms with van der Waals surface area (Å²) in [6.07, 6.45) is 76.6. The van der Waals surface area contributed by atoms with Crippen LogP contribution < -0.4 is 0 Å². The second kappa shape index (κ2) is 65.7. The van der Waals surface area contributed by atoms with Crippen LogP contribution in [0.5, 0.6) is 0 Å². The number of esters is 3. The molecule has 0 heterocycles. The van der Waals surface area contributed by atoms with Crippen molar-refractivity contribution in [2.24, 2.45) is 0 Å². The van der Waals surface area contributed by atoms with Crippen LogP contribution in [0.4, 0.5) is 0 Å². The SMILES string of the molecule is CC/C=C\C/C=C\C/C=C\C/C=C\C/C=C\CCCCCCCCCCCC(=O)OCC(O)COP(=O)(O)OCC(O)COP(=O)(O)OCC(COC(=O)CCC/C=C\C/C=C\C/C=C\C/C=C\C/C=C\CC)OC(=O)CCCCCCC/C=C\CCCCCC. The smallest absolute Gasteiger partial charge is 0.463 e. The first kappa shape index (κ1) is 86.7. The van der Waals surface area contributed by atoms with E-state index in [0.29, 0.717) is 25.7 Å². The van der Waals surface area contributed by atoms with E-state index in [9.17, 15) is 43.5 Å². The van der Waals surface area contributed by atoms with E-state index in [1.807, 2.05) is 12.2 Å². The average molecular weight is 1320 g/mol. The summed E-state index contributed by atoms with van der Waals surface area (Å²) in [6, 6.07) is 0. The molecular weight excluding hydrogens is 1190 g/mol. The van der Waals surface area contributed by atoms with Gasteiger partial charge in [0, 0.05) is 19.3 Å². The maximum absolute atomic E-state index is 12.9.